The van der Waals surface area contributed by atoms with Crippen LogP contribution >= 0.6 is 0 Å². The number of fused-ring (bicyclic) bond motifs is 1. The lowest BCUT2D eigenvalue weighted by atomic mass is 10.1. The van der Waals surface area contributed by atoms with Gasteiger partial charge in [0, 0.05) is 17.5 Å². The number of benzene rings is 1. The van der Waals surface area contributed by atoms with Gasteiger partial charge in [0.05, 0.1) is 0 Å². The van der Waals surface area contributed by atoms with Gasteiger partial charge in [0.25, 0.3) is 0 Å². The quantitative estimate of drug-likeness (QED) is 0.840. The minimum atomic E-state index is -1.05. The molecule has 5 heteroatoms. The van der Waals surface area contributed by atoms with Crippen LogP contribution < -0.4 is 10.4 Å². The van der Waals surface area contributed by atoms with Gasteiger partial charge in [-0.1, -0.05) is 0 Å². The smallest absolute Gasteiger partial charge is 0.344 e. The number of carboxylic acid groups (broad SMARTS) is 1. The Hall–Kier alpha value is -2.30. The van der Waals surface area contributed by atoms with Crippen LogP contribution in [0.4, 0.5) is 0 Å². The van der Waals surface area contributed by atoms with Crippen molar-refractivity contribution in [2.45, 2.75) is 20.0 Å². The Morgan fingerprint density at radius 3 is 2.78 bits per heavy atom. The van der Waals surface area contributed by atoms with E-state index in [9.17, 15) is 9.59 Å². The van der Waals surface area contributed by atoms with Gasteiger partial charge < -0.3 is 14.3 Å². The first-order valence-corrected chi connectivity index (χ1v) is 5.41. The molecule has 2 aromatic rings. The fourth-order valence-corrected chi connectivity index (χ4v) is 1.63. The molecule has 0 saturated heterocycles. The number of carboxylic acids is 1. The number of hydrogen-bond donors (Lipinski definition) is 1. The number of aryl methyl sites for hydroxylation is 1. The van der Waals surface area contributed by atoms with Crippen molar-refractivity contribution >= 4 is 16.9 Å². The number of hydrogen-bond acceptors (Lipinski definition) is 4. The second-order valence-corrected chi connectivity index (χ2v) is 4.00. The highest BCUT2D eigenvalue weighted by molar-refractivity contribution is 5.81. The largest absolute Gasteiger partial charge is 0.479 e. The van der Waals surface area contributed by atoms with Crippen LogP contribution in [0.15, 0.2) is 33.5 Å². The Balaban J connectivity index is 2.44. The molecule has 0 aliphatic heterocycles. The molecule has 0 amide bonds. The van der Waals surface area contributed by atoms with Crippen LogP contribution in [-0.4, -0.2) is 17.2 Å². The number of rotatable bonds is 3. The van der Waals surface area contributed by atoms with Crippen LogP contribution in [0.5, 0.6) is 5.75 Å². The van der Waals surface area contributed by atoms with Crippen molar-refractivity contribution in [3.63, 3.8) is 0 Å². The van der Waals surface area contributed by atoms with Crippen LogP contribution in [0.25, 0.3) is 11.0 Å². The topological polar surface area (TPSA) is 76.7 Å². The highest BCUT2D eigenvalue weighted by Crippen LogP contribution is 2.22. The Morgan fingerprint density at radius 1 is 1.39 bits per heavy atom. The molecular formula is C13H12O5. The summed E-state index contributed by atoms with van der Waals surface area (Å²) in [5.74, 6) is -0.702. The Bertz CT molecular complexity index is 656. The third-order valence-corrected chi connectivity index (χ3v) is 2.58. The minimum Gasteiger partial charge on any atom is -0.479 e. The van der Waals surface area contributed by atoms with Crippen molar-refractivity contribution in [3.05, 3.63) is 40.2 Å². The maximum Gasteiger partial charge on any atom is 0.344 e. The van der Waals surface area contributed by atoms with Crippen LogP contribution in [-0.2, 0) is 4.79 Å². The molecule has 0 aliphatic carbocycles. The molecule has 1 aromatic carbocycles. The van der Waals surface area contributed by atoms with Gasteiger partial charge in [-0.3, -0.25) is 0 Å². The van der Waals surface area contributed by atoms with Crippen molar-refractivity contribution in [2.24, 2.45) is 0 Å². The lowest BCUT2D eigenvalue weighted by Crippen LogP contribution is -2.22. The average molecular weight is 248 g/mol. The molecule has 2 rings (SSSR count). The molecule has 5 nitrogen and oxygen atoms in total. The normalized spacial score (nSPS) is 12.3. The van der Waals surface area contributed by atoms with Crippen molar-refractivity contribution in [1.29, 1.82) is 0 Å². The van der Waals surface area contributed by atoms with E-state index < -0.39 is 17.7 Å². The molecule has 1 N–H and O–H groups in total. The van der Waals surface area contributed by atoms with E-state index in [4.69, 9.17) is 14.3 Å². The second-order valence-electron chi connectivity index (χ2n) is 4.00. The van der Waals surface area contributed by atoms with E-state index in [-0.39, 0.29) is 0 Å². The monoisotopic (exact) mass is 248 g/mol. The van der Waals surface area contributed by atoms with E-state index in [0.29, 0.717) is 11.3 Å². The van der Waals surface area contributed by atoms with E-state index in [2.05, 4.69) is 0 Å². The zero-order valence-electron chi connectivity index (χ0n) is 9.97. The molecular weight excluding hydrogens is 236 g/mol. The third kappa shape index (κ3) is 2.34. The molecule has 1 atom stereocenters. The fourth-order valence-electron chi connectivity index (χ4n) is 1.63. The first-order valence-electron chi connectivity index (χ1n) is 5.41. The average Bonchev–Trinajstić information content (AvgIpc) is 2.27. The zero-order chi connectivity index (χ0) is 13.3. The maximum atomic E-state index is 11.2. The highest BCUT2D eigenvalue weighted by Gasteiger charge is 2.13. The molecule has 0 unspecified atom stereocenters. The van der Waals surface area contributed by atoms with Crippen LogP contribution in [0, 0.1) is 6.92 Å². The van der Waals surface area contributed by atoms with E-state index in [0.717, 1.165) is 10.9 Å². The summed E-state index contributed by atoms with van der Waals surface area (Å²) in [4.78, 5) is 21.9. The molecule has 0 bridgehead atoms. The van der Waals surface area contributed by atoms with Crippen molar-refractivity contribution in [1.82, 2.24) is 0 Å². The van der Waals surface area contributed by atoms with Crippen LogP contribution in [0.1, 0.15) is 12.5 Å². The summed E-state index contributed by atoms with van der Waals surface area (Å²) in [5.41, 5.74) is 0.748. The molecule has 1 heterocycles. The van der Waals surface area contributed by atoms with Gasteiger partial charge in [0.15, 0.2) is 6.10 Å². The molecule has 0 spiro atoms. The summed E-state index contributed by atoms with van der Waals surface area (Å²) in [6.45, 7) is 3.23. The highest BCUT2D eigenvalue weighted by atomic mass is 16.5. The van der Waals surface area contributed by atoms with Gasteiger partial charge in [-0.15, -0.1) is 0 Å². The summed E-state index contributed by atoms with van der Waals surface area (Å²) >= 11 is 0. The summed E-state index contributed by atoms with van der Waals surface area (Å²) in [6.07, 6.45) is -0.959. The summed E-state index contributed by atoms with van der Waals surface area (Å²) < 4.78 is 10.2. The van der Waals surface area contributed by atoms with E-state index >= 15 is 0 Å². The Labute approximate surface area is 103 Å². The van der Waals surface area contributed by atoms with Crippen molar-refractivity contribution in [2.75, 3.05) is 0 Å². The van der Waals surface area contributed by atoms with Gasteiger partial charge in [0.2, 0.25) is 0 Å². The molecule has 94 valence electrons. The van der Waals surface area contributed by atoms with E-state index in [1.54, 1.807) is 19.1 Å². The minimum absolute atomic E-state index is 0.353. The second kappa shape index (κ2) is 4.52. The maximum absolute atomic E-state index is 11.2. The molecule has 0 aliphatic rings. The van der Waals surface area contributed by atoms with Crippen molar-refractivity contribution < 1.29 is 19.1 Å². The van der Waals surface area contributed by atoms with Gasteiger partial charge in [-0.2, -0.15) is 0 Å². The molecule has 1 aromatic heterocycles. The molecule has 0 saturated carbocycles. The Morgan fingerprint density at radius 2 is 2.11 bits per heavy atom. The fraction of sp³-hybridized carbons (Fsp3) is 0.231. The van der Waals surface area contributed by atoms with E-state index in [1.807, 2.05) is 0 Å². The summed E-state index contributed by atoms with van der Waals surface area (Å²) in [6, 6.07) is 6.30. The van der Waals surface area contributed by atoms with Crippen LogP contribution in [0.3, 0.4) is 0 Å². The predicted molar refractivity (Wildman–Crippen MR) is 64.9 cm³/mol. The Kier molecular flexibility index (Phi) is 3.06. The first kappa shape index (κ1) is 12.2. The zero-order valence-corrected chi connectivity index (χ0v) is 9.97. The molecule has 0 fully saturated rings. The van der Waals surface area contributed by atoms with Gasteiger partial charge >= 0.3 is 11.6 Å². The summed E-state index contributed by atoms with van der Waals surface area (Å²) in [7, 11) is 0. The van der Waals surface area contributed by atoms with Crippen LogP contribution in [0.2, 0.25) is 0 Å². The molecule has 0 radical (unpaired) electrons. The number of carbonyl (C=O) groups is 1. The number of ether oxygens (including phenoxy) is 1. The lowest BCUT2D eigenvalue weighted by Gasteiger charge is -2.10. The predicted octanol–water partition coefficient (Wildman–Crippen LogP) is 1.95. The van der Waals surface area contributed by atoms with Gasteiger partial charge in [-0.05, 0) is 31.5 Å². The first-order chi connectivity index (χ1) is 8.47. The summed E-state index contributed by atoms with van der Waals surface area (Å²) in [5, 5.41) is 9.54. The number of aliphatic carboxylic acids is 1. The lowest BCUT2D eigenvalue weighted by molar-refractivity contribution is -0.144. The van der Waals surface area contributed by atoms with Gasteiger partial charge in [-0.25, -0.2) is 9.59 Å². The third-order valence-electron chi connectivity index (χ3n) is 2.58. The van der Waals surface area contributed by atoms with Crippen molar-refractivity contribution in [3.8, 4) is 5.75 Å². The van der Waals surface area contributed by atoms with Gasteiger partial charge in [0.1, 0.15) is 11.3 Å². The standard InChI is InChI=1S/C13H12O5/c1-7-5-12(14)18-11-6-9(3-4-10(7)11)17-8(2)13(15)16/h3-6,8H,1-2H3,(H,15,16)/t8-/m1/s1. The van der Waals surface area contributed by atoms with E-state index in [1.165, 1.54) is 19.1 Å². The molecule has 18 heavy (non-hydrogen) atoms. The SMILES string of the molecule is Cc1cc(=O)oc2cc(O[C@H](C)C(=O)O)ccc12.